The Morgan fingerprint density at radius 1 is 1.07 bits per heavy atom. The quantitative estimate of drug-likeness (QED) is 0.696. The zero-order valence-electron chi connectivity index (χ0n) is 14.9. The lowest BCUT2D eigenvalue weighted by Gasteiger charge is -2.35. The number of aromatic nitrogens is 4. The Labute approximate surface area is 162 Å². The maximum atomic E-state index is 12.9. The largest absolute Gasteiger partial charge is 0.353 e. The van der Waals surface area contributed by atoms with E-state index in [1.165, 1.54) is 0 Å². The van der Waals surface area contributed by atoms with Crippen LogP contribution in [-0.2, 0) is 0 Å². The van der Waals surface area contributed by atoms with E-state index in [1.807, 2.05) is 42.2 Å². The van der Waals surface area contributed by atoms with Crippen LogP contribution in [0, 0.1) is 6.92 Å². The molecular formula is C19H19ClN6O. The molecule has 138 valence electrons. The van der Waals surface area contributed by atoms with E-state index in [-0.39, 0.29) is 5.91 Å². The zero-order valence-corrected chi connectivity index (χ0v) is 15.7. The molecule has 0 spiro atoms. The van der Waals surface area contributed by atoms with Crippen molar-refractivity contribution >= 4 is 23.3 Å². The third kappa shape index (κ3) is 3.50. The maximum absolute atomic E-state index is 12.9. The molecule has 1 fully saturated rings. The minimum atomic E-state index is -0.0959. The lowest BCUT2D eigenvalue weighted by Crippen LogP contribution is -2.49. The number of carbonyl (C=O) groups is 1. The van der Waals surface area contributed by atoms with Crippen molar-refractivity contribution in [1.29, 1.82) is 0 Å². The number of nitrogens with zero attached hydrogens (tertiary/aromatic N) is 6. The van der Waals surface area contributed by atoms with Gasteiger partial charge in [0.25, 0.3) is 5.91 Å². The fourth-order valence-electron chi connectivity index (χ4n) is 3.21. The van der Waals surface area contributed by atoms with E-state index in [0.29, 0.717) is 29.5 Å². The van der Waals surface area contributed by atoms with Gasteiger partial charge in [-0.1, -0.05) is 28.9 Å². The first-order valence-electron chi connectivity index (χ1n) is 8.77. The van der Waals surface area contributed by atoms with E-state index in [9.17, 15) is 4.79 Å². The van der Waals surface area contributed by atoms with Crippen molar-refractivity contribution in [2.24, 2.45) is 0 Å². The summed E-state index contributed by atoms with van der Waals surface area (Å²) in [6.07, 6.45) is 1.78. The summed E-state index contributed by atoms with van der Waals surface area (Å²) in [5, 5.41) is 8.88. The minimum absolute atomic E-state index is 0.0959. The van der Waals surface area contributed by atoms with Crippen molar-refractivity contribution in [2.75, 3.05) is 31.1 Å². The SMILES string of the molecule is Cc1c(C(=O)N2CCN(c3ccccn3)CC2)nnn1-c1cccc(Cl)c1. The summed E-state index contributed by atoms with van der Waals surface area (Å²) in [6, 6.07) is 13.2. The first kappa shape index (κ1) is 17.5. The van der Waals surface area contributed by atoms with Crippen LogP contribution in [0.2, 0.25) is 5.02 Å². The summed E-state index contributed by atoms with van der Waals surface area (Å²) in [7, 11) is 0. The Morgan fingerprint density at radius 2 is 1.89 bits per heavy atom. The van der Waals surface area contributed by atoms with E-state index >= 15 is 0 Å². The number of amides is 1. The second-order valence-electron chi connectivity index (χ2n) is 6.38. The molecule has 1 aliphatic rings. The lowest BCUT2D eigenvalue weighted by atomic mass is 10.2. The van der Waals surface area contributed by atoms with Gasteiger partial charge in [0.1, 0.15) is 5.82 Å². The van der Waals surface area contributed by atoms with Gasteiger partial charge in [-0.3, -0.25) is 4.79 Å². The van der Waals surface area contributed by atoms with Crippen molar-refractivity contribution < 1.29 is 4.79 Å². The topological polar surface area (TPSA) is 67.2 Å². The first-order valence-corrected chi connectivity index (χ1v) is 9.15. The highest BCUT2D eigenvalue weighted by Gasteiger charge is 2.26. The van der Waals surface area contributed by atoms with Gasteiger partial charge < -0.3 is 9.80 Å². The van der Waals surface area contributed by atoms with E-state index in [0.717, 1.165) is 24.6 Å². The van der Waals surface area contributed by atoms with Gasteiger partial charge >= 0.3 is 0 Å². The number of benzene rings is 1. The van der Waals surface area contributed by atoms with Crippen molar-refractivity contribution in [3.8, 4) is 5.69 Å². The molecule has 1 saturated heterocycles. The molecule has 0 radical (unpaired) electrons. The molecule has 1 aromatic carbocycles. The fourth-order valence-corrected chi connectivity index (χ4v) is 3.39. The summed E-state index contributed by atoms with van der Waals surface area (Å²) >= 11 is 6.06. The molecule has 0 aliphatic carbocycles. The van der Waals surface area contributed by atoms with Gasteiger partial charge in [-0.25, -0.2) is 9.67 Å². The van der Waals surface area contributed by atoms with Crippen molar-refractivity contribution in [1.82, 2.24) is 24.9 Å². The van der Waals surface area contributed by atoms with Gasteiger partial charge in [0.05, 0.1) is 11.4 Å². The third-order valence-electron chi connectivity index (χ3n) is 4.69. The second kappa shape index (κ2) is 7.36. The molecule has 3 heterocycles. The van der Waals surface area contributed by atoms with Crippen LogP contribution in [0.5, 0.6) is 0 Å². The molecule has 4 rings (SSSR count). The number of halogens is 1. The number of hydrogen-bond acceptors (Lipinski definition) is 5. The summed E-state index contributed by atoms with van der Waals surface area (Å²) in [5.41, 5.74) is 1.86. The number of piperazine rings is 1. The van der Waals surface area contributed by atoms with Gasteiger partial charge in [0.2, 0.25) is 0 Å². The van der Waals surface area contributed by atoms with Gasteiger partial charge in [0.15, 0.2) is 5.69 Å². The molecule has 0 atom stereocenters. The van der Waals surface area contributed by atoms with E-state index < -0.39 is 0 Å². The van der Waals surface area contributed by atoms with Crippen LogP contribution in [0.25, 0.3) is 5.69 Å². The van der Waals surface area contributed by atoms with E-state index in [2.05, 4.69) is 20.2 Å². The highest BCUT2D eigenvalue weighted by atomic mass is 35.5. The predicted molar refractivity (Wildman–Crippen MR) is 103 cm³/mol. The molecule has 3 aromatic rings. The third-order valence-corrected chi connectivity index (χ3v) is 4.93. The minimum Gasteiger partial charge on any atom is -0.353 e. The number of rotatable bonds is 3. The lowest BCUT2D eigenvalue weighted by molar-refractivity contribution is 0.0739. The van der Waals surface area contributed by atoms with E-state index in [4.69, 9.17) is 11.6 Å². The molecule has 0 N–H and O–H groups in total. The van der Waals surface area contributed by atoms with E-state index in [1.54, 1.807) is 23.0 Å². The Kier molecular flexibility index (Phi) is 4.77. The molecular weight excluding hydrogens is 364 g/mol. The molecule has 7 nitrogen and oxygen atoms in total. The highest BCUT2D eigenvalue weighted by Crippen LogP contribution is 2.19. The number of anilines is 1. The molecule has 0 saturated carbocycles. The average Bonchev–Trinajstić information content (AvgIpc) is 3.09. The van der Waals surface area contributed by atoms with Crippen LogP contribution < -0.4 is 4.90 Å². The smallest absolute Gasteiger partial charge is 0.276 e. The molecule has 1 aliphatic heterocycles. The van der Waals surface area contributed by atoms with Crippen molar-refractivity contribution in [3.63, 3.8) is 0 Å². The zero-order chi connectivity index (χ0) is 18.8. The summed E-state index contributed by atoms with van der Waals surface area (Å²) < 4.78 is 1.64. The summed E-state index contributed by atoms with van der Waals surface area (Å²) in [4.78, 5) is 21.3. The predicted octanol–water partition coefficient (Wildman–Crippen LogP) is 2.59. The molecule has 0 bridgehead atoms. The van der Waals surface area contributed by atoms with Crippen LogP contribution >= 0.6 is 11.6 Å². The Morgan fingerprint density at radius 3 is 2.59 bits per heavy atom. The highest BCUT2D eigenvalue weighted by molar-refractivity contribution is 6.30. The van der Waals surface area contributed by atoms with Gasteiger partial charge in [-0.15, -0.1) is 5.10 Å². The standard InChI is InChI=1S/C19H19ClN6O/c1-14-18(22-23-26(14)16-6-4-5-15(20)13-16)19(27)25-11-9-24(10-12-25)17-7-2-3-8-21-17/h2-8,13H,9-12H2,1H3. The fraction of sp³-hybridized carbons (Fsp3) is 0.263. The molecule has 8 heteroatoms. The maximum Gasteiger partial charge on any atom is 0.276 e. The second-order valence-corrected chi connectivity index (χ2v) is 6.82. The normalized spacial score (nSPS) is 14.4. The molecule has 27 heavy (non-hydrogen) atoms. The Bertz CT molecular complexity index is 950. The van der Waals surface area contributed by atoms with Gasteiger partial charge in [-0.2, -0.15) is 0 Å². The van der Waals surface area contributed by atoms with Crippen LogP contribution in [-0.4, -0.2) is 57.0 Å². The Balaban J connectivity index is 1.48. The molecule has 1 amide bonds. The molecule has 2 aromatic heterocycles. The monoisotopic (exact) mass is 382 g/mol. The number of hydrogen-bond donors (Lipinski definition) is 0. The van der Waals surface area contributed by atoms with Gasteiger partial charge in [-0.05, 0) is 37.3 Å². The van der Waals surface area contributed by atoms with Crippen molar-refractivity contribution in [3.05, 3.63) is 65.1 Å². The number of carbonyl (C=O) groups excluding carboxylic acids is 1. The number of pyridine rings is 1. The first-order chi connectivity index (χ1) is 13.1. The average molecular weight is 383 g/mol. The van der Waals surface area contributed by atoms with Crippen LogP contribution in [0.15, 0.2) is 48.7 Å². The van der Waals surface area contributed by atoms with Crippen LogP contribution in [0.3, 0.4) is 0 Å². The summed E-state index contributed by atoms with van der Waals surface area (Å²) in [5.74, 6) is 0.842. The Hall–Kier alpha value is -2.93. The van der Waals surface area contributed by atoms with Gasteiger partial charge in [0, 0.05) is 37.4 Å². The van der Waals surface area contributed by atoms with Crippen LogP contribution in [0.4, 0.5) is 5.82 Å². The van der Waals surface area contributed by atoms with Crippen LogP contribution in [0.1, 0.15) is 16.2 Å². The molecule has 0 unspecified atom stereocenters. The van der Waals surface area contributed by atoms with Crippen molar-refractivity contribution in [2.45, 2.75) is 6.92 Å². The summed E-state index contributed by atoms with van der Waals surface area (Å²) in [6.45, 7) is 4.57.